The highest BCUT2D eigenvalue weighted by Crippen LogP contribution is 2.07. The maximum absolute atomic E-state index is 10.5. The van der Waals surface area contributed by atoms with E-state index in [9.17, 15) is 4.79 Å². The molecule has 2 aromatic heterocycles. The third-order valence-corrected chi connectivity index (χ3v) is 2.15. The van der Waals surface area contributed by atoms with Gasteiger partial charge in [0.15, 0.2) is 5.65 Å². The molecular formula is C10H13N5O. The molecule has 1 amide bonds. The van der Waals surface area contributed by atoms with E-state index in [2.05, 4.69) is 15.4 Å². The number of pyridine rings is 1. The van der Waals surface area contributed by atoms with Crippen LogP contribution in [0.1, 0.15) is 12.0 Å². The summed E-state index contributed by atoms with van der Waals surface area (Å²) >= 11 is 0. The molecule has 3 N–H and O–H groups in total. The second kappa shape index (κ2) is 4.18. The van der Waals surface area contributed by atoms with Crippen molar-refractivity contribution in [1.82, 2.24) is 14.6 Å². The van der Waals surface area contributed by atoms with Crippen LogP contribution in [-0.2, 0) is 4.79 Å². The zero-order chi connectivity index (χ0) is 11.5. The van der Waals surface area contributed by atoms with Crippen molar-refractivity contribution < 1.29 is 4.79 Å². The number of aromatic nitrogens is 3. The summed E-state index contributed by atoms with van der Waals surface area (Å²) in [4.78, 5) is 14.8. The number of fused-ring (bicyclic) bond motifs is 1. The molecule has 0 spiro atoms. The molecule has 0 aliphatic heterocycles. The van der Waals surface area contributed by atoms with Crippen molar-refractivity contribution in [3.05, 3.63) is 23.9 Å². The monoisotopic (exact) mass is 219 g/mol. The van der Waals surface area contributed by atoms with Gasteiger partial charge in [0.2, 0.25) is 11.9 Å². The van der Waals surface area contributed by atoms with Crippen molar-refractivity contribution in [1.29, 1.82) is 0 Å². The van der Waals surface area contributed by atoms with Gasteiger partial charge in [0, 0.05) is 19.2 Å². The van der Waals surface area contributed by atoms with Gasteiger partial charge >= 0.3 is 0 Å². The van der Waals surface area contributed by atoms with Crippen molar-refractivity contribution in [2.45, 2.75) is 13.3 Å². The number of aryl methyl sites for hydroxylation is 1. The fourth-order valence-electron chi connectivity index (χ4n) is 1.36. The van der Waals surface area contributed by atoms with E-state index >= 15 is 0 Å². The first-order chi connectivity index (χ1) is 7.65. The quantitative estimate of drug-likeness (QED) is 0.775. The standard InChI is InChI=1S/C10H13N5O/c1-7-3-5-15-9(6-7)13-10(14-15)12-4-2-8(11)16/h3,5-6H,2,4H2,1H3,(H2,11,16)(H,12,14). The van der Waals surface area contributed by atoms with E-state index < -0.39 is 0 Å². The van der Waals surface area contributed by atoms with E-state index in [1.54, 1.807) is 4.52 Å². The molecule has 16 heavy (non-hydrogen) atoms. The van der Waals surface area contributed by atoms with E-state index in [1.165, 1.54) is 0 Å². The van der Waals surface area contributed by atoms with Crippen LogP contribution in [0, 0.1) is 6.92 Å². The van der Waals surface area contributed by atoms with Crippen molar-refractivity contribution in [2.75, 3.05) is 11.9 Å². The zero-order valence-corrected chi connectivity index (χ0v) is 8.97. The van der Waals surface area contributed by atoms with Crippen LogP contribution in [0.25, 0.3) is 5.65 Å². The van der Waals surface area contributed by atoms with E-state index in [0.717, 1.165) is 11.2 Å². The number of carbonyl (C=O) groups is 1. The normalized spacial score (nSPS) is 10.6. The summed E-state index contributed by atoms with van der Waals surface area (Å²) in [6.07, 6.45) is 2.12. The summed E-state index contributed by atoms with van der Waals surface area (Å²) in [6, 6.07) is 3.89. The van der Waals surface area contributed by atoms with Crippen LogP contribution < -0.4 is 11.1 Å². The smallest absolute Gasteiger partial charge is 0.243 e. The number of amides is 1. The Balaban J connectivity index is 2.10. The molecule has 0 aliphatic rings. The Morgan fingerprint density at radius 3 is 3.19 bits per heavy atom. The lowest BCUT2D eigenvalue weighted by Gasteiger charge is -1.96. The van der Waals surface area contributed by atoms with Gasteiger partial charge in [-0.1, -0.05) is 0 Å². The second-order valence-corrected chi connectivity index (χ2v) is 3.59. The number of primary amides is 1. The van der Waals surface area contributed by atoms with E-state index in [1.807, 2.05) is 25.3 Å². The van der Waals surface area contributed by atoms with Crippen LogP contribution >= 0.6 is 0 Å². The fraction of sp³-hybridized carbons (Fsp3) is 0.300. The average molecular weight is 219 g/mol. The van der Waals surface area contributed by atoms with Gasteiger partial charge in [0.1, 0.15) is 0 Å². The van der Waals surface area contributed by atoms with Gasteiger partial charge in [0.05, 0.1) is 0 Å². The van der Waals surface area contributed by atoms with E-state index in [-0.39, 0.29) is 12.3 Å². The van der Waals surface area contributed by atoms with Gasteiger partial charge in [-0.05, 0) is 24.6 Å². The Bertz CT molecular complexity index is 519. The van der Waals surface area contributed by atoms with Crippen LogP contribution in [0.5, 0.6) is 0 Å². The number of carbonyl (C=O) groups excluding carboxylic acids is 1. The third-order valence-electron chi connectivity index (χ3n) is 2.15. The number of nitrogens with one attached hydrogen (secondary N) is 1. The van der Waals surface area contributed by atoms with Gasteiger partial charge < -0.3 is 11.1 Å². The summed E-state index contributed by atoms with van der Waals surface area (Å²) in [5.41, 5.74) is 6.93. The predicted molar refractivity (Wildman–Crippen MR) is 60.0 cm³/mol. The van der Waals surface area contributed by atoms with Gasteiger partial charge in [-0.15, -0.1) is 5.10 Å². The summed E-state index contributed by atoms with van der Waals surface area (Å²) in [7, 11) is 0. The predicted octanol–water partition coefficient (Wildman–Crippen LogP) is 0.325. The molecule has 6 nitrogen and oxygen atoms in total. The largest absolute Gasteiger partial charge is 0.370 e. The van der Waals surface area contributed by atoms with E-state index in [4.69, 9.17) is 5.73 Å². The second-order valence-electron chi connectivity index (χ2n) is 3.59. The van der Waals surface area contributed by atoms with Crippen LogP contribution in [0.2, 0.25) is 0 Å². The first kappa shape index (κ1) is 10.4. The lowest BCUT2D eigenvalue weighted by Crippen LogP contribution is -2.16. The zero-order valence-electron chi connectivity index (χ0n) is 8.97. The topological polar surface area (TPSA) is 85.3 Å². The minimum absolute atomic E-state index is 0.272. The van der Waals surface area contributed by atoms with Gasteiger partial charge in [0.25, 0.3) is 0 Å². The first-order valence-electron chi connectivity index (χ1n) is 5.00. The van der Waals surface area contributed by atoms with Crippen molar-refractivity contribution in [2.24, 2.45) is 5.73 Å². The number of hydrogen-bond donors (Lipinski definition) is 2. The highest BCUT2D eigenvalue weighted by Gasteiger charge is 2.03. The highest BCUT2D eigenvalue weighted by molar-refractivity contribution is 5.74. The number of hydrogen-bond acceptors (Lipinski definition) is 4. The molecule has 0 bridgehead atoms. The molecule has 2 aromatic rings. The SMILES string of the molecule is Cc1ccn2nc(NCCC(N)=O)nc2c1. The van der Waals surface area contributed by atoms with Crippen molar-refractivity contribution in [3.63, 3.8) is 0 Å². The maximum atomic E-state index is 10.5. The summed E-state index contributed by atoms with van der Waals surface area (Å²) in [6.45, 7) is 2.44. The lowest BCUT2D eigenvalue weighted by atomic mass is 10.3. The Labute approximate surface area is 92.5 Å². The van der Waals surface area contributed by atoms with Gasteiger partial charge in [-0.2, -0.15) is 4.98 Å². The van der Waals surface area contributed by atoms with Crippen molar-refractivity contribution in [3.8, 4) is 0 Å². The number of nitrogens with zero attached hydrogens (tertiary/aromatic N) is 3. The molecule has 2 heterocycles. The number of rotatable bonds is 4. The molecule has 0 fully saturated rings. The molecule has 84 valence electrons. The highest BCUT2D eigenvalue weighted by atomic mass is 16.1. The lowest BCUT2D eigenvalue weighted by molar-refractivity contribution is -0.117. The minimum atomic E-state index is -0.341. The fourth-order valence-corrected chi connectivity index (χ4v) is 1.36. The van der Waals surface area contributed by atoms with Crippen molar-refractivity contribution >= 4 is 17.5 Å². The Morgan fingerprint density at radius 1 is 1.62 bits per heavy atom. The molecule has 0 saturated heterocycles. The van der Waals surface area contributed by atoms with Gasteiger partial charge in [-0.3, -0.25) is 4.79 Å². The molecule has 2 rings (SSSR count). The molecule has 6 heteroatoms. The summed E-state index contributed by atoms with van der Waals surface area (Å²) < 4.78 is 1.68. The van der Waals surface area contributed by atoms with Crippen LogP contribution in [-0.4, -0.2) is 27.0 Å². The number of anilines is 1. The minimum Gasteiger partial charge on any atom is -0.370 e. The summed E-state index contributed by atoms with van der Waals surface area (Å²) in [5, 5.41) is 7.13. The molecule has 0 radical (unpaired) electrons. The van der Waals surface area contributed by atoms with Crippen LogP contribution in [0.4, 0.5) is 5.95 Å². The van der Waals surface area contributed by atoms with Crippen LogP contribution in [0.3, 0.4) is 0 Å². The van der Waals surface area contributed by atoms with Gasteiger partial charge in [-0.25, -0.2) is 4.52 Å². The molecule has 0 atom stereocenters. The average Bonchev–Trinajstić information content (AvgIpc) is 2.58. The Hall–Kier alpha value is -2.11. The summed E-state index contributed by atoms with van der Waals surface area (Å²) in [5.74, 6) is 0.166. The molecular weight excluding hydrogens is 206 g/mol. The third kappa shape index (κ3) is 2.28. The Kier molecular flexibility index (Phi) is 2.72. The molecule has 0 aromatic carbocycles. The van der Waals surface area contributed by atoms with Crippen LogP contribution in [0.15, 0.2) is 18.3 Å². The molecule has 0 saturated carbocycles. The Morgan fingerprint density at radius 2 is 2.44 bits per heavy atom. The maximum Gasteiger partial charge on any atom is 0.243 e. The molecule has 0 aliphatic carbocycles. The number of nitrogens with two attached hydrogens (primary N) is 1. The molecule has 0 unspecified atom stereocenters. The first-order valence-corrected chi connectivity index (χ1v) is 5.00. The van der Waals surface area contributed by atoms with E-state index in [0.29, 0.717) is 12.5 Å².